The zero-order chi connectivity index (χ0) is 17.1. The lowest BCUT2D eigenvalue weighted by molar-refractivity contribution is -0.235. The number of hydrogen-bond donors (Lipinski definition) is 2. The van der Waals surface area contributed by atoms with Crippen molar-refractivity contribution in [1.29, 1.82) is 0 Å². The highest BCUT2D eigenvalue weighted by atomic mass is 19.4. The summed E-state index contributed by atoms with van der Waals surface area (Å²) < 4.78 is 43.6. The first kappa shape index (κ1) is 16.9. The molecule has 0 saturated carbocycles. The van der Waals surface area contributed by atoms with Crippen molar-refractivity contribution < 1.29 is 17.9 Å². The third kappa shape index (κ3) is 4.02. The largest absolute Gasteiger partial charge is 0.460 e. The van der Waals surface area contributed by atoms with Crippen LogP contribution in [0.1, 0.15) is 19.4 Å². The van der Waals surface area contributed by atoms with Gasteiger partial charge < -0.3 is 15.8 Å². The normalized spacial score (nSPS) is 12.0. The summed E-state index contributed by atoms with van der Waals surface area (Å²) >= 11 is 0. The summed E-state index contributed by atoms with van der Waals surface area (Å²) in [5, 5.41) is 2.96. The van der Waals surface area contributed by atoms with Gasteiger partial charge in [-0.2, -0.15) is 18.2 Å². The summed E-state index contributed by atoms with van der Waals surface area (Å²) in [5.74, 6) is -0.0882. The zero-order valence-electron chi connectivity index (χ0n) is 12.7. The first-order chi connectivity index (χ1) is 10.7. The number of anilines is 2. The fourth-order valence-electron chi connectivity index (χ4n) is 1.68. The monoisotopic (exact) mass is 326 g/mol. The lowest BCUT2D eigenvalue weighted by Crippen LogP contribution is -2.45. The van der Waals surface area contributed by atoms with E-state index < -0.39 is 11.8 Å². The molecule has 0 bridgehead atoms. The van der Waals surface area contributed by atoms with E-state index in [-0.39, 0.29) is 17.4 Å². The fraction of sp³-hybridized carbons (Fsp3) is 0.333. The molecule has 0 saturated heterocycles. The van der Waals surface area contributed by atoms with Crippen molar-refractivity contribution in [2.75, 3.05) is 11.1 Å². The molecule has 0 spiro atoms. The molecular formula is C15H17F3N4O. The zero-order valence-corrected chi connectivity index (χ0v) is 12.7. The van der Waals surface area contributed by atoms with Gasteiger partial charge in [0.1, 0.15) is 12.0 Å². The summed E-state index contributed by atoms with van der Waals surface area (Å²) in [7, 11) is 0. The van der Waals surface area contributed by atoms with Crippen LogP contribution < -0.4 is 15.8 Å². The lowest BCUT2D eigenvalue weighted by atomic mass is 10.1. The number of alkyl halides is 3. The number of nitrogens with one attached hydrogen (secondary N) is 1. The number of hydrogen-bond acceptors (Lipinski definition) is 5. The van der Waals surface area contributed by atoms with Gasteiger partial charge >= 0.3 is 6.18 Å². The molecule has 0 radical (unpaired) electrons. The van der Waals surface area contributed by atoms with Crippen molar-refractivity contribution >= 4 is 11.5 Å². The van der Waals surface area contributed by atoms with E-state index in [9.17, 15) is 13.2 Å². The van der Waals surface area contributed by atoms with Gasteiger partial charge in [-0.1, -0.05) is 30.3 Å². The van der Waals surface area contributed by atoms with E-state index in [4.69, 9.17) is 10.5 Å². The van der Waals surface area contributed by atoms with Crippen LogP contribution in [0.2, 0.25) is 0 Å². The summed E-state index contributed by atoms with van der Waals surface area (Å²) in [5.41, 5.74) is 4.31. The number of nitrogen functional groups attached to an aromatic ring is 1. The van der Waals surface area contributed by atoms with Gasteiger partial charge in [0.25, 0.3) is 0 Å². The maximum atomic E-state index is 12.9. The fourth-order valence-corrected chi connectivity index (χ4v) is 1.68. The molecule has 8 heteroatoms. The van der Waals surface area contributed by atoms with Crippen molar-refractivity contribution in [3.8, 4) is 5.88 Å². The number of ether oxygens (including phenoxy) is 1. The van der Waals surface area contributed by atoms with Gasteiger partial charge in [-0.15, -0.1) is 0 Å². The van der Waals surface area contributed by atoms with E-state index in [0.29, 0.717) is 6.54 Å². The van der Waals surface area contributed by atoms with E-state index >= 15 is 0 Å². The molecular weight excluding hydrogens is 309 g/mol. The Morgan fingerprint density at radius 2 is 1.78 bits per heavy atom. The Labute approximate surface area is 131 Å². The molecule has 5 nitrogen and oxygen atoms in total. The van der Waals surface area contributed by atoms with Gasteiger partial charge in [0.2, 0.25) is 5.88 Å². The molecule has 1 aromatic heterocycles. The summed E-state index contributed by atoms with van der Waals surface area (Å²) in [6.45, 7) is 2.24. The smallest absolute Gasteiger partial charge is 0.427 e. The molecule has 0 aliphatic rings. The first-order valence-corrected chi connectivity index (χ1v) is 6.85. The minimum Gasteiger partial charge on any atom is -0.460 e. The first-order valence-electron chi connectivity index (χ1n) is 6.85. The second-order valence-corrected chi connectivity index (χ2v) is 5.39. The van der Waals surface area contributed by atoms with Gasteiger partial charge in [-0.25, -0.2) is 4.98 Å². The Morgan fingerprint density at radius 3 is 2.39 bits per heavy atom. The molecule has 1 heterocycles. The van der Waals surface area contributed by atoms with Crippen LogP contribution in [0.4, 0.5) is 24.7 Å². The molecule has 0 aliphatic carbocycles. The summed E-state index contributed by atoms with van der Waals surface area (Å²) in [6.07, 6.45) is -3.45. The Morgan fingerprint density at radius 1 is 1.13 bits per heavy atom. The molecule has 2 aromatic rings. The molecule has 0 aliphatic heterocycles. The molecule has 0 amide bonds. The average Bonchev–Trinajstić information content (AvgIpc) is 2.48. The molecule has 23 heavy (non-hydrogen) atoms. The van der Waals surface area contributed by atoms with Crippen LogP contribution in [0.15, 0.2) is 36.7 Å². The number of rotatable bonds is 5. The Balaban J connectivity index is 2.15. The molecule has 124 valence electrons. The van der Waals surface area contributed by atoms with E-state index in [1.165, 1.54) is 0 Å². The average molecular weight is 326 g/mol. The van der Waals surface area contributed by atoms with Gasteiger partial charge in [0.05, 0.1) is 0 Å². The summed E-state index contributed by atoms with van der Waals surface area (Å²) in [6, 6.07) is 9.43. The predicted molar refractivity (Wildman–Crippen MR) is 81.0 cm³/mol. The van der Waals surface area contributed by atoms with Crippen molar-refractivity contribution in [1.82, 2.24) is 9.97 Å². The van der Waals surface area contributed by atoms with E-state index in [2.05, 4.69) is 15.3 Å². The van der Waals surface area contributed by atoms with Crippen LogP contribution in [0.5, 0.6) is 5.88 Å². The van der Waals surface area contributed by atoms with E-state index in [0.717, 1.165) is 25.7 Å². The second-order valence-electron chi connectivity index (χ2n) is 5.39. The third-order valence-corrected chi connectivity index (χ3v) is 3.18. The van der Waals surface area contributed by atoms with Crippen LogP contribution in [0.3, 0.4) is 0 Å². The van der Waals surface area contributed by atoms with Crippen molar-refractivity contribution in [2.24, 2.45) is 0 Å². The predicted octanol–water partition coefficient (Wildman–Crippen LogP) is 3.39. The molecule has 0 unspecified atom stereocenters. The molecule has 0 fully saturated rings. The van der Waals surface area contributed by atoms with E-state index in [1.807, 2.05) is 30.3 Å². The number of benzene rings is 1. The quantitative estimate of drug-likeness (QED) is 0.881. The Kier molecular flexibility index (Phi) is 4.63. The lowest BCUT2D eigenvalue weighted by Gasteiger charge is -2.28. The maximum absolute atomic E-state index is 12.9. The topological polar surface area (TPSA) is 73.1 Å². The Bertz CT molecular complexity index is 660. The van der Waals surface area contributed by atoms with Crippen LogP contribution in [-0.2, 0) is 6.54 Å². The van der Waals surface area contributed by atoms with Crippen LogP contribution in [-0.4, -0.2) is 21.7 Å². The highest BCUT2D eigenvalue weighted by Gasteiger charge is 2.50. The van der Waals surface area contributed by atoms with E-state index in [1.54, 1.807) is 0 Å². The van der Waals surface area contributed by atoms with Gasteiger partial charge in [0.15, 0.2) is 11.4 Å². The minimum atomic E-state index is -4.55. The van der Waals surface area contributed by atoms with Crippen molar-refractivity contribution in [2.45, 2.75) is 32.2 Å². The SMILES string of the molecule is CC(C)(Oc1ncnc(NCc2ccccc2)c1N)C(F)(F)F. The van der Waals surface area contributed by atoms with Gasteiger partial charge in [-0.05, 0) is 19.4 Å². The molecule has 2 rings (SSSR count). The molecule has 1 aromatic carbocycles. The second kappa shape index (κ2) is 6.31. The number of halogens is 3. The highest BCUT2D eigenvalue weighted by Crippen LogP contribution is 2.36. The Hall–Kier alpha value is -2.51. The van der Waals surface area contributed by atoms with Gasteiger partial charge in [0, 0.05) is 6.54 Å². The van der Waals surface area contributed by atoms with Crippen LogP contribution >= 0.6 is 0 Å². The highest BCUT2D eigenvalue weighted by molar-refractivity contribution is 5.66. The number of nitrogens with two attached hydrogens (primary N) is 1. The minimum absolute atomic E-state index is 0.0687. The molecule has 0 atom stereocenters. The van der Waals surface area contributed by atoms with Gasteiger partial charge in [-0.3, -0.25) is 0 Å². The third-order valence-electron chi connectivity index (χ3n) is 3.18. The van der Waals surface area contributed by atoms with Crippen molar-refractivity contribution in [3.05, 3.63) is 42.2 Å². The maximum Gasteiger partial charge on any atom is 0.427 e. The number of aromatic nitrogens is 2. The standard InChI is InChI=1S/C15H17F3N4O/c1-14(2,15(16,17)18)23-13-11(19)12(21-9-22-13)20-8-10-6-4-3-5-7-10/h3-7,9H,8,19H2,1-2H3,(H,20,21,22). The van der Waals surface area contributed by atoms with Crippen molar-refractivity contribution in [3.63, 3.8) is 0 Å². The van der Waals surface area contributed by atoms with Crippen LogP contribution in [0, 0.1) is 0 Å². The number of nitrogens with zero attached hydrogens (tertiary/aromatic N) is 2. The summed E-state index contributed by atoms with van der Waals surface area (Å²) in [4.78, 5) is 7.63. The van der Waals surface area contributed by atoms with Crippen LogP contribution in [0.25, 0.3) is 0 Å². The molecule has 3 N–H and O–H groups in total.